The summed E-state index contributed by atoms with van der Waals surface area (Å²) in [5.74, 6) is 0. The molecule has 0 spiro atoms. The van der Waals surface area contributed by atoms with Gasteiger partial charge < -0.3 is 0 Å². The Morgan fingerprint density at radius 2 is 1.36 bits per heavy atom. The molecule has 0 N–H and O–H groups in total. The van der Waals surface area contributed by atoms with E-state index in [-0.39, 0.29) is 0 Å². The van der Waals surface area contributed by atoms with E-state index in [1.807, 2.05) is 0 Å². The zero-order valence-corrected chi connectivity index (χ0v) is 10.1. The molecule has 1 radical (unpaired) electrons. The van der Waals surface area contributed by atoms with Gasteiger partial charge in [0.15, 0.2) is 0 Å². The molecule has 0 unspecified atom stereocenters. The minimum Gasteiger partial charge on any atom is -0.0882 e. The number of unbranched alkanes of at least 4 members (excludes halogenated alkanes) is 8. The van der Waals surface area contributed by atoms with Gasteiger partial charge in [-0.2, -0.15) is 0 Å². The van der Waals surface area contributed by atoms with Crippen LogP contribution in [0.1, 0.15) is 71.6 Å². The highest BCUT2D eigenvalue weighted by molar-refractivity contribution is 4.94. The third kappa shape index (κ3) is 11.7. The van der Waals surface area contributed by atoms with E-state index < -0.39 is 0 Å². The number of hydrogen-bond donors (Lipinski definition) is 0. The standard InChI is InChI=1S/C14H27/c1-3-5-7-9-11-13-14-12-10-8-6-4-2/h11,13-14H,3-10,12H2,1-2H3. The molecule has 0 rings (SSSR count). The SMILES string of the molecule is CCCCCC=C[CH]CCCCCC. The predicted octanol–water partition coefficient (Wildman–Crippen LogP) is 5.30. The van der Waals surface area contributed by atoms with Gasteiger partial charge in [-0.15, -0.1) is 0 Å². The maximum Gasteiger partial charge on any atom is -0.0171 e. The van der Waals surface area contributed by atoms with Crippen LogP contribution in [0.25, 0.3) is 0 Å². The second kappa shape index (κ2) is 12.7. The van der Waals surface area contributed by atoms with Crippen molar-refractivity contribution in [3.05, 3.63) is 18.6 Å². The van der Waals surface area contributed by atoms with Gasteiger partial charge in [0, 0.05) is 0 Å². The van der Waals surface area contributed by atoms with Crippen LogP contribution in [0.2, 0.25) is 0 Å². The molecule has 0 aliphatic rings. The molecule has 14 heavy (non-hydrogen) atoms. The van der Waals surface area contributed by atoms with Gasteiger partial charge in [-0.25, -0.2) is 0 Å². The third-order valence-corrected chi connectivity index (χ3v) is 2.47. The van der Waals surface area contributed by atoms with Crippen LogP contribution in [0.3, 0.4) is 0 Å². The van der Waals surface area contributed by atoms with E-state index in [9.17, 15) is 0 Å². The van der Waals surface area contributed by atoms with Crippen LogP contribution in [0.5, 0.6) is 0 Å². The summed E-state index contributed by atoms with van der Waals surface area (Å²) in [4.78, 5) is 0. The number of rotatable bonds is 10. The normalized spacial score (nSPS) is 11.3. The van der Waals surface area contributed by atoms with Crippen molar-refractivity contribution < 1.29 is 0 Å². The van der Waals surface area contributed by atoms with Gasteiger partial charge in [0.25, 0.3) is 0 Å². The molecule has 0 atom stereocenters. The molecule has 0 aliphatic carbocycles. The Kier molecular flexibility index (Phi) is 12.5. The zero-order chi connectivity index (χ0) is 10.5. The van der Waals surface area contributed by atoms with E-state index in [1.165, 1.54) is 57.8 Å². The van der Waals surface area contributed by atoms with E-state index >= 15 is 0 Å². The van der Waals surface area contributed by atoms with Gasteiger partial charge in [-0.3, -0.25) is 0 Å². The quantitative estimate of drug-likeness (QED) is 0.415. The van der Waals surface area contributed by atoms with E-state index in [2.05, 4.69) is 32.4 Å². The van der Waals surface area contributed by atoms with E-state index in [1.54, 1.807) is 0 Å². The summed E-state index contributed by atoms with van der Waals surface area (Å²) < 4.78 is 0. The van der Waals surface area contributed by atoms with Crippen molar-refractivity contribution in [3.63, 3.8) is 0 Å². The second-order valence-corrected chi connectivity index (χ2v) is 4.01. The topological polar surface area (TPSA) is 0 Å². The summed E-state index contributed by atoms with van der Waals surface area (Å²) in [7, 11) is 0. The highest BCUT2D eigenvalue weighted by Crippen LogP contribution is 2.05. The Morgan fingerprint density at radius 3 is 2.07 bits per heavy atom. The second-order valence-electron chi connectivity index (χ2n) is 4.01. The monoisotopic (exact) mass is 195 g/mol. The van der Waals surface area contributed by atoms with Gasteiger partial charge in [0.2, 0.25) is 0 Å². The first-order valence-corrected chi connectivity index (χ1v) is 6.40. The van der Waals surface area contributed by atoms with Crippen molar-refractivity contribution in [2.24, 2.45) is 0 Å². The van der Waals surface area contributed by atoms with Gasteiger partial charge in [0.05, 0.1) is 0 Å². The number of allylic oxidation sites excluding steroid dienone is 2. The molecule has 0 saturated heterocycles. The number of hydrogen-bond acceptors (Lipinski definition) is 0. The van der Waals surface area contributed by atoms with Crippen LogP contribution in [-0.4, -0.2) is 0 Å². The molecule has 83 valence electrons. The molecule has 0 aromatic rings. The molecule has 0 fully saturated rings. The van der Waals surface area contributed by atoms with Gasteiger partial charge in [-0.1, -0.05) is 64.5 Å². The van der Waals surface area contributed by atoms with Gasteiger partial charge in [-0.05, 0) is 25.7 Å². The largest absolute Gasteiger partial charge is 0.0882 e. The summed E-state index contributed by atoms with van der Waals surface area (Å²) in [6.07, 6.45) is 19.0. The first kappa shape index (κ1) is 13.7. The molecule has 0 saturated carbocycles. The summed E-state index contributed by atoms with van der Waals surface area (Å²) in [5.41, 5.74) is 0. The lowest BCUT2D eigenvalue weighted by Crippen LogP contribution is -1.77. The van der Waals surface area contributed by atoms with Crippen LogP contribution in [-0.2, 0) is 0 Å². The van der Waals surface area contributed by atoms with Crippen LogP contribution in [0, 0.1) is 6.42 Å². The van der Waals surface area contributed by atoms with Crippen molar-refractivity contribution in [2.75, 3.05) is 0 Å². The smallest absolute Gasteiger partial charge is 0.0171 e. The van der Waals surface area contributed by atoms with Crippen LogP contribution >= 0.6 is 0 Å². The molecule has 0 aliphatic heterocycles. The third-order valence-electron chi connectivity index (χ3n) is 2.47. The van der Waals surface area contributed by atoms with Crippen LogP contribution in [0.15, 0.2) is 12.2 Å². The van der Waals surface area contributed by atoms with Crippen molar-refractivity contribution >= 4 is 0 Å². The van der Waals surface area contributed by atoms with Gasteiger partial charge >= 0.3 is 0 Å². The Bertz CT molecular complexity index is 113. The fourth-order valence-electron chi connectivity index (χ4n) is 1.49. The summed E-state index contributed by atoms with van der Waals surface area (Å²) in [6.45, 7) is 4.51. The summed E-state index contributed by atoms with van der Waals surface area (Å²) in [5, 5.41) is 0. The fraction of sp³-hybridized carbons (Fsp3) is 0.786. The maximum absolute atomic E-state index is 2.32. The predicted molar refractivity (Wildman–Crippen MR) is 66.3 cm³/mol. The highest BCUT2D eigenvalue weighted by atomic mass is 13.9. The average Bonchev–Trinajstić information content (AvgIpc) is 2.21. The Hall–Kier alpha value is -0.260. The lowest BCUT2D eigenvalue weighted by molar-refractivity contribution is 0.666. The molecule has 0 aromatic heterocycles. The summed E-state index contributed by atoms with van der Waals surface area (Å²) >= 11 is 0. The zero-order valence-electron chi connectivity index (χ0n) is 10.1. The van der Waals surface area contributed by atoms with Crippen molar-refractivity contribution in [2.45, 2.75) is 71.6 Å². The molecule has 0 heterocycles. The molecule has 0 amide bonds. The fourth-order valence-corrected chi connectivity index (χ4v) is 1.49. The maximum atomic E-state index is 2.32. The molecule has 0 nitrogen and oxygen atoms in total. The first-order valence-electron chi connectivity index (χ1n) is 6.40. The Balaban J connectivity index is 2.96. The molecular weight excluding hydrogens is 168 g/mol. The average molecular weight is 195 g/mol. The minimum atomic E-state index is 1.26. The van der Waals surface area contributed by atoms with E-state index in [0.29, 0.717) is 0 Å². The molecule has 0 bridgehead atoms. The van der Waals surface area contributed by atoms with Gasteiger partial charge in [0.1, 0.15) is 0 Å². The first-order chi connectivity index (χ1) is 6.91. The van der Waals surface area contributed by atoms with Crippen LogP contribution in [0.4, 0.5) is 0 Å². The summed E-state index contributed by atoms with van der Waals surface area (Å²) in [6, 6.07) is 0. The molecule has 0 aromatic carbocycles. The molecule has 0 heteroatoms. The lowest BCUT2D eigenvalue weighted by atomic mass is 10.1. The van der Waals surface area contributed by atoms with Crippen LogP contribution < -0.4 is 0 Å². The highest BCUT2D eigenvalue weighted by Gasteiger charge is 1.86. The van der Waals surface area contributed by atoms with E-state index in [0.717, 1.165) is 0 Å². The Labute approximate surface area is 90.8 Å². The lowest BCUT2D eigenvalue weighted by Gasteiger charge is -1.96. The van der Waals surface area contributed by atoms with Crippen molar-refractivity contribution in [3.8, 4) is 0 Å². The van der Waals surface area contributed by atoms with Crippen molar-refractivity contribution in [1.82, 2.24) is 0 Å². The van der Waals surface area contributed by atoms with E-state index in [4.69, 9.17) is 0 Å². The minimum absolute atomic E-state index is 1.26. The Morgan fingerprint density at radius 1 is 0.714 bits per heavy atom. The van der Waals surface area contributed by atoms with Crippen molar-refractivity contribution in [1.29, 1.82) is 0 Å². The molecular formula is C14H27.